The lowest BCUT2D eigenvalue weighted by Gasteiger charge is -2.02. The van der Waals surface area contributed by atoms with Crippen molar-refractivity contribution in [3.8, 4) is 0 Å². The summed E-state index contributed by atoms with van der Waals surface area (Å²) in [5.74, 6) is -2.05. The van der Waals surface area contributed by atoms with Gasteiger partial charge in [-0.05, 0) is 44.2 Å². The summed E-state index contributed by atoms with van der Waals surface area (Å²) in [6.45, 7) is 4.07. The zero-order valence-corrected chi connectivity index (χ0v) is 12.6. The van der Waals surface area contributed by atoms with Gasteiger partial charge in [0.25, 0.3) is 5.91 Å². The Labute approximate surface area is 131 Å². The third kappa shape index (κ3) is 2.94. The Morgan fingerprint density at radius 2 is 1.96 bits per heavy atom. The third-order valence-electron chi connectivity index (χ3n) is 3.35. The lowest BCUT2D eigenvalue weighted by Crippen LogP contribution is -2.10. The Bertz CT molecular complexity index is 892. The molecule has 0 radical (unpaired) electrons. The molecule has 0 spiro atoms. The summed E-state index contributed by atoms with van der Waals surface area (Å²) in [6.07, 6.45) is 1.91. The zero-order valence-electron chi connectivity index (χ0n) is 12.6. The van der Waals surface area contributed by atoms with Crippen molar-refractivity contribution in [3.05, 3.63) is 48.0 Å². The fourth-order valence-corrected chi connectivity index (χ4v) is 2.15. The van der Waals surface area contributed by atoms with Crippen LogP contribution in [0.25, 0.3) is 10.9 Å². The molecule has 0 atom stereocenters. The fourth-order valence-electron chi connectivity index (χ4n) is 2.15. The van der Waals surface area contributed by atoms with Gasteiger partial charge in [0, 0.05) is 23.3 Å². The molecule has 0 saturated carbocycles. The topological polar surface area (TPSA) is 97.4 Å². The molecule has 2 N–H and O–H groups in total. The quantitative estimate of drug-likeness (QED) is 0.771. The van der Waals surface area contributed by atoms with Gasteiger partial charge >= 0.3 is 5.97 Å². The van der Waals surface area contributed by atoms with Crippen molar-refractivity contribution < 1.29 is 19.1 Å². The molecule has 0 unspecified atom stereocenters. The standard InChI is InChI=1S/C16H15N3O4/c1-9(2)19-8-10-7-11(3-4-12(10)18-19)17-15(20)13-5-6-14(23-13)16(21)22/h3-9H,1-2H3,(H,17,20)(H,21,22). The van der Waals surface area contributed by atoms with Gasteiger partial charge in [0.1, 0.15) is 0 Å². The Morgan fingerprint density at radius 1 is 1.22 bits per heavy atom. The van der Waals surface area contributed by atoms with E-state index in [2.05, 4.69) is 10.4 Å². The molecule has 0 saturated heterocycles. The van der Waals surface area contributed by atoms with Crippen LogP contribution < -0.4 is 5.32 Å². The molecule has 0 bridgehead atoms. The SMILES string of the molecule is CC(C)n1cc2cc(NC(=O)c3ccc(C(=O)O)o3)ccc2n1. The maximum Gasteiger partial charge on any atom is 0.371 e. The van der Waals surface area contributed by atoms with Gasteiger partial charge in [0.2, 0.25) is 5.76 Å². The number of nitrogens with one attached hydrogen (secondary N) is 1. The molecule has 0 fully saturated rings. The van der Waals surface area contributed by atoms with E-state index in [0.717, 1.165) is 10.9 Å². The molecule has 1 aromatic carbocycles. The molecule has 7 nitrogen and oxygen atoms in total. The number of fused-ring (bicyclic) bond motifs is 1. The molecule has 0 aliphatic rings. The fraction of sp³-hybridized carbons (Fsp3) is 0.188. The number of carboxylic acid groups (broad SMARTS) is 1. The van der Waals surface area contributed by atoms with Crippen LogP contribution in [-0.4, -0.2) is 26.8 Å². The lowest BCUT2D eigenvalue weighted by molar-refractivity contribution is 0.0660. The van der Waals surface area contributed by atoms with Gasteiger partial charge in [0.05, 0.1) is 5.52 Å². The van der Waals surface area contributed by atoms with E-state index in [0.29, 0.717) is 5.69 Å². The monoisotopic (exact) mass is 313 g/mol. The van der Waals surface area contributed by atoms with E-state index in [1.165, 1.54) is 12.1 Å². The van der Waals surface area contributed by atoms with E-state index in [9.17, 15) is 9.59 Å². The average molecular weight is 313 g/mol. The molecule has 2 heterocycles. The second kappa shape index (κ2) is 5.60. The summed E-state index contributed by atoms with van der Waals surface area (Å²) < 4.78 is 6.82. The number of hydrogen-bond donors (Lipinski definition) is 2. The highest BCUT2D eigenvalue weighted by Crippen LogP contribution is 2.20. The first-order valence-corrected chi connectivity index (χ1v) is 7.07. The van der Waals surface area contributed by atoms with Gasteiger partial charge in [-0.15, -0.1) is 0 Å². The van der Waals surface area contributed by atoms with Crippen LogP contribution in [0.1, 0.15) is 41.0 Å². The molecule has 0 aliphatic heterocycles. The summed E-state index contributed by atoms with van der Waals surface area (Å²) in [5, 5.41) is 16.8. The van der Waals surface area contributed by atoms with Crippen molar-refractivity contribution in [2.45, 2.75) is 19.9 Å². The number of aromatic carboxylic acids is 1. The average Bonchev–Trinajstić information content (AvgIpc) is 3.13. The molecule has 0 aliphatic carbocycles. The van der Waals surface area contributed by atoms with E-state index in [-0.39, 0.29) is 17.6 Å². The molecule has 7 heteroatoms. The van der Waals surface area contributed by atoms with E-state index in [4.69, 9.17) is 9.52 Å². The van der Waals surface area contributed by atoms with Gasteiger partial charge < -0.3 is 14.8 Å². The first kappa shape index (κ1) is 14.8. The molecule has 3 aromatic rings. The minimum Gasteiger partial charge on any atom is -0.475 e. The number of furan rings is 1. The number of nitrogens with zero attached hydrogens (tertiary/aromatic N) is 2. The number of benzene rings is 1. The second-order valence-corrected chi connectivity index (χ2v) is 5.40. The molecule has 118 valence electrons. The van der Waals surface area contributed by atoms with Crippen LogP contribution in [0.3, 0.4) is 0 Å². The number of rotatable bonds is 4. The number of carbonyl (C=O) groups is 2. The van der Waals surface area contributed by atoms with E-state index in [1.807, 2.05) is 30.8 Å². The summed E-state index contributed by atoms with van der Waals surface area (Å²) >= 11 is 0. The smallest absolute Gasteiger partial charge is 0.371 e. The van der Waals surface area contributed by atoms with Crippen molar-refractivity contribution >= 4 is 28.5 Å². The number of amides is 1. The van der Waals surface area contributed by atoms with E-state index in [1.54, 1.807) is 12.1 Å². The van der Waals surface area contributed by atoms with Crippen LogP contribution in [0, 0.1) is 0 Å². The Hall–Kier alpha value is -3.09. The Balaban J connectivity index is 1.82. The normalized spacial score (nSPS) is 11.1. The first-order valence-electron chi connectivity index (χ1n) is 7.07. The van der Waals surface area contributed by atoms with Crippen molar-refractivity contribution in [1.29, 1.82) is 0 Å². The van der Waals surface area contributed by atoms with Crippen molar-refractivity contribution in [1.82, 2.24) is 9.78 Å². The number of carboxylic acids is 1. The molecule has 2 aromatic heterocycles. The highest BCUT2D eigenvalue weighted by atomic mass is 16.4. The van der Waals surface area contributed by atoms with Crippen LogP contribution in [0.2, 0.25) is 0 Å². The number of carbonyl (C=O) groups excluding carboxylic acids is 1. The Kier molecular flexibility index (Phi) is 3.61. The minimum atomic E-state index is -1.22. The molecule has 23 heavy (non-hydrogen) atoms. The maximum absolute atomic E-state index is 12.1. The van der Waals surface area contributed by atoms with Gasteiger partial charge in [-0.25, -0.2) is 4.79 Å². The summed E-state index contributed by atoms with van der Waals surface area (Å²) in [5.41, 5.74) is 1.42. The van der Waals surface area contributed by atoms with Gasteiger partial charge in [0.15, 0.2) is 5.76 Å². The van der Waals surface area contributed by atoms with Crippen LogP contribution in [0.4, 0.5) is 5.69 Å². The molecular formula is C16H15N3O4. The van der Waals surface area contributed by atoms with Crippen LogP contribution >= 0.6 is 0 Å². The Morgan fingerprint density at radius 3 is 2.61 bits per heavy atom. The molecular weight excluding hydrogens is 298 g/mol. The highest BCUT2D eigenvalue weighted by Gasteiger charge is 2.15. The predicted molar refractivity (Wildman–Crippen MR) is 83.7 cm³/mol. The second-order valence-electron chi connectivity index (χ2n) is 5.40. The van der Waals surface area contributed by atoms with Crippen LogP contribution in [0.5, 0.6) is 0 Å². The number of anilines is 1. The summed E-state index contributed by atoms with van der Waals surface area (Å²) in [7, 11) is 0. The number of hydrogen-bond acceptors (Lipinski definition) is 4. The van der Waals surface area contributed by atoms with E-state index >= 15 is 0 Å². The zero-order chi connectivity index (χ0) is 16.6. The van der Waals surface area contributed by atoms with Crippen molar-refractivity contribution in [3.63, 3.8) is 0 Å². The van der Waals surface area contributed by atoms with Crippen molar-refractivity contribution in [2.75, 3.05) is 5.32 Å². The van der Waals surface area contributed by atoms with Crippen molar-refractivity contribution in [2.24, 2.45) is 0 Å². The summed E-state index contributed by atoms with van der Waals surface area (Å²) in [6, 6.07) is 8.17. The maximum atomic E-state index is 12.1. The molecule has 3 rings (SSSR count). The molecule has 1 amide bonds. The van der Waals surface area contributed by atoms with Gasteiger partial charge in [-0.2, -0.15) is 5.10 Å². The first-order chi connectivity index (χ1) is 10.9. The lowest BCUT2D eigenvalue weighted by atomic mass is 10.2. The van der Waals surface area contributed by atoms with Crippen LogP contribution in [-0.2, 0) is 0 Å². The van der Waals surface area contributed by atoms with Gasteiger partial charge in [-0.1, -0.05) is 0 Å². The van der Waals surface area contributed by atoms with E-state index < -0.39 is 11.9 Å². The van der Waals surface area contributed by atoms with Crippen LogP contribution in [0.15, 0.2) is 40.9 Å². The largest absolute Gasteiger partial charge is 0.475 e. The predicted octanol–water partition coefficient (Wildman–Crippen LogP) is 3.16. The number of aromatic nitrogens is 2. The third-order valence-corrected chi connectivity index (χ3v) is 3.35. The minimum absolute atomic E-state index is 0.0552. The highest BCUT2D eigenvalue weighted by molar-refractivity contribution is 6.03. The van der Waals surface area contributed by atoms with Gasteiger partial charge in [-0.3, -0.25) is 9.48 Å². The summed E-state index contributed by atoms with van der Waals surface area (Å²) in [4.78, 5) is 22.8.